The smallest absolute Gasteiger partial charge is 0.0751 e. The molecule has 0 amide bonds. The molecule has 4 heteroatoms. The summed E-state index contributed by atoms with van der Waals surface area (Å²) >= 11 is 3.59. The summed E-state index contributed by atoms with van der Waals surface area (Å²) in [6.45, 7) is 9.65. The minimum absolute atomic E-state index is 0.235. The van der Waals surface area contributed by atoms with Gasteiger partial charge in [0.1, 0.15) is 0 Å². The van der Waals surface area contributed by atoms with Crippen molar-refractivity contribution < 1.29 is 4.74 Å². The van der Waals surface area contributed by atoms with Crippen LogP contribution in [0, 0.1) is 19.8 Å². The Bertz CT molecular complexity index is 411. The van der Waals surface area contributed by atoms with Crippen molar-refractivity contribution in [3.8, 4) is 0 Å². The van der Waals surface area contributed by atoms with E-state index in [-0.39, 0.29) is 5.54 Å². The summed E-state index contributed by atoms with van der Waals surface area (Å²) < 4.78 is 6.52. The standard InChI is InChI=1S/C15H25BrN2O/c1-10(2)15(8-17,9-19-5)18-13-6-11(3)14(16)12(4)7-13/h6-7,10,18H,8-9,17H2,1-5H3. The van der Waals surface area contributed by atoms with Gasteiger partial charge in [0.05, 0.1) is 12.1 Å². The van der Waals surface area contributed by atoms with E-state index in [1.165, 1.54) is 11.1 Å². The van der Waals surface area contributed by atoms with E-state index in [0.29, 0.717) is 19.1 Å². The van der Waals surface area contributed by atoms with Crippen molar-refractivity contribution in [3.05, 3.63) is 27.7 Å². The minimum Gasteiger partial charge on any atom is -0.382 e. The van der Waals surface area contributed by atoms with Crippen LogP contribution in [0.15, 0.2) is 16.6 Å². The van der Waals surface area contributed by atoms with Crippen LogP contribution >= 0.6 is 15.9 Å². The van der Waals surface area contributed by atoms with Gasteiger partial charge in [-0.3, -0.25) is 0 Å². The quantitative estimate of drug-likeness (QED) is 0.840. The number of nitrogens with one attached hydrogen (secondary N) is 1. The molecular weight excluding hydrogens is 304 g/mol. The molecule has 0 fully saturated rings. The first-order valence-electron chi connectivity index (χ1n) is 6.60. The van der Waals surface area contributed by atoms with Crippen molar-refractivity contribution >= 4 is 21.6 Å². The molecule has 1 aromatic rings. The number of anilines is 1. The summed E-state index contributed by atoms with van der Waals surface area (Å²) in [6.07, 6.45) is 0. The van der Waals surface area contributed by atoms with Gasteiger partial charge in [-0.05, 0) is 43.0 Å². The summed E-state index contributed by atoms with van der Waals surface area (Å²) in [4.78, 5) is 0. The monoisotopic (exact) mass is 328 g/mol. The third-order valence-corrected chi connectivity index (χ3v) is 4.95. The molecule has 1 rings (SSSR count). The van der Waals surface area contributed by atoms with Crippen LogP contribution in [0.1, 0.15) is 25.0 Å². The van der Waals surface area contributed by atoms with Crippen molar-refractivity contribution in [1.29, 1.82) is 0 Å². The average Bonchev–Trinajstić information content (AvgIpc) is 2.34. The largest absolute Gasteiger partial charge is 0.382 e. The molecule has 0 bridgehead atoms. The van der Waals surface area contributed by atoms with Crippen LogP contribution in [0.2, 0.25) is 0 Å². The number of ether oxygens (including phenoxy) is 1. The lowest BCUT2D eigenvalue weighted by Crippen LogP contribution is -2.53. The molecule has 0 saturated heterocycles. The second-order valence-electron chi connectivity index (χ2n) is 5.50. The Morgan fingerprint density at radius 2 is 1.84 bits per heavy atom. The van der Waals surface area contributed by atoms with E-state index < -0.39 is 0 Å². The first-order chi connectivity index (χ1) is 8.86. The first-order valence-corrected chi connectivity index (χ1v) is 7.39. The molecule has 0 heterocycles. The van der Waals surface area contributed by atoms with E-state index in [0.717, 1.165) is 10.2 Å². The molecule has 0 aromatic heterocycles. The highest BCUT2D eigenvalue weighted by Gasteiger charge is 2.32. The van der Waals surface area contributed by atoms with Crippen LogP contribution in [0.4, 0.5) is 5.69 Å². The van der Waals surface area contributed by atoms with Crippen LogP contribution in [-0.4, -0.2) is 25.8 Å². The Morgan fingerprint density at radius 1 is 1.32 bits per heavy atom. The van der Waals surface area contributed by atoms with Crippen molar-refractivity contribution in [2.45, 2.75) is 33.2 Å². The van der Waals surface area contributed by atoms with Gasteiger partial charge in [-0.25, -0.2) is 0 Å². The molecule has 0 saturated carbocycles. The number of hydrogen-bond donors (Lipinski definition) is 2. The average molecular weight is 329 g/mol. The van der Waals surface area contributed by atoms with Gasteiger partial charge in [-0.2, -0.15) is 0 Å². The number of benzene rings is 1. The van der Waals surface area contributed by atoms with E-state index in [1.54, 1.807) is 7.11 Å². The van der Waals surface area contributed by atoms with Gasteiger partial charge in [0.2, 0.25) is 0 Å². The molecule has 0 spiro atoms. The third-order valence-electron chi connectivity index (χ3n) is 3.70. The van der Waals surface area contributed by atoms with Gasteiger partial charge in [0.25, 0.3) is 0 Å². The number of nitrogens with two attached hydrogens (primary N) is 1. The third kappa shape index (κ3) is 3.71. The molecule has 1 unspecified atom stereocenters. The van der Waals surface area contributed by atoms with E-state index in [2.05, 4.69) is 61.1 Å². The van der Waals surface area contributed by atoms with E-state index in [9.17, 15) is 0 Å². The topological polar surface area (TPSA) is 47.3 Å². The van der Waals surface area contributed by atoms with Crippen molar-refractivity contribution in [2.24, 2.45) is 11.7 Å². The Labute approximate surface area is 125 Å². The summed E-state index contributed by atoms with van der Waals surface area (Å²) in [5.41, 5.74) is 9.29. The maximum Gasteiger partial charge on any atom is 0.0751 e. The molecule has 3 N–H and O–H groups in total. The first kappa shape index (κ1) is 16.5. The zero-order valence-corrected chi connectivity index (χ0v) is 14.1. The summed E-state index contributed by atoms with van der Waals surface area (Å²) in [6, 6.07) is 4.28. The van der Waals surface area contributed by atoms with Crippen LogP contribution in [0.3, 0.4) is 0 Å². The van der Waals surface area contributed by atoms with Crippen LogP contribution < -0.4 is 11.1 Å². The molecule has 0 aliphatic heterocycles. The maximum absolute atomic E-state index is 6.00. The highest BCUT2D eigenvalue weighted by atomic mass is 79.9. The van der Waals surface area contributed by atoms with Crippen molar-refractivity contribution in [1.82, 2.24) is 0 Å². The molecule has 0 radical (unpaired) electrons. The van der Waals surface area contributed by atoms with Gasteiger partial charge in [0.15, 0.2) is 0 Å². The lowest BCUT2D eigenvalue weighted by molar-refractivity contribution is 0.121. The zero-order chi connectivity index (χ0) is 14.6. The number of methoxy groups -OCH3 is 1. The van der Waals surface area contributed by atoms with Gasteiger partial charge in [-0.15, -0.1) is 0 Å². The Kier molecular flexibility index (Phi) is 5.83. The van der Waals surface area contributed by atoms with E-state index in [4.69, 9.17) is 10.5 Å². The fraction of sp³-hybridized carbons (Fsp3) is 0.600. The normalized spacial score (nSPS) is 14.5. The summed E-state index contributed by atoms with van der Waals surface area (Å²) in [5.74, 6) is 0.377. The van der Waals surface area contributed by atoms with Crippen molar-refractivity contribution in [2.75, 3.05) is 25.6 Å². The van der Waals surface area contributed by atoms with Crippen molar-refractivity contribution in [3.63, 3.8) is 0 Å². The predicted octanol–water partition coefficient (Wildman–Crippen LogP) is 3.48. The lowest BCUT2D eigenvalue weighted by Gasteiger charge is -2.38. The predicted molar refractivity (Wildman–Crippen MR) is 85.7 cm³/mol. The molecule has 0 aliphatic rings. The Hall–Kier alpha value is -0.580. The number of halogens is 1. The highest BCUT2D eigenvalue weighted by Crippen LogP contribution is 2.29. The van der Waals surface area contributed by atoms with Crippen LogP contribution in [0.25, 0.3) is 0 Å². The van der Waals surface area contributed by atoms with Gasteiger partial charge < -0.3 is 15.8 Å². The lowest BCUT2D eigenvalue weighted by atomic mass is 9.86. The molecule has 19 heavy (non-hydrogen) atoms. The molecule has 0 aliphatic carbocycles. The maximum atomic E-state index is 6.00. The fourth-order valence-corrected chi connectivity index (χ4v) is 2.48. The van der Waals surface area contributed by atoms with E-state index >= 15 is 0 Å². The fourth-order valence-electron chi connectivity index (χ4n) is 2.26. The van der Waals surface area contributed by atoms with Gasteiger partial charge in [0, 0.05) is 23.8 Å². The molecular formula is C15H25BrN2O. The second-order valence-corrected chi connectivity index (χ2v) is 6.29. The van der Waals surface area contributed by atoms with Gasteiger partial charge in [-0.1, -0.05) is 29.8 Å². The Balaban J connectivity index is 3.09. The highest BCUT2D eigenvalue weighted by molar-refractivity contribution is 9.10. The van der Waals surface area contributed by atoms with Crippen LogP contribution in [0.5, 0.6) is 0 Å². The SMILES string of the molecule is COCC(CN)(Nc1cc(C)c(Br)c(C)c1)C(C)C. The van der Waals surface area contributed by atoms with Gasteiger partial charge >= 0.3 is 0 Å². The molecule has 3 nitrogen and oxygen atoms in total. The summed E-state index contributed by atoms with van der Waals surface area (Å²) in [5, 5.41) is 3.58. The minimum atomic E-state index is -0.235. The zero-order valence-electron chi connectivity index (χ0n) is 12.5. The molecule has 1 atom stereocenters. The van der Waals surface area contributed by atoms with E-state index in [1.807, 2.05) is 0 Å². The van der Waals surface area contributed by atoms with Crippen LogP contribution in [-0.2, 0) is 4.74 Å². The number of hydrogen-bond acceptors (Lipinski definition) is 3. The molecule has 108 valence electrons. The number of rotatable bonds is 6. The molecule has 1 aromatic carbocycles. The number of aryl methyl sites for hydroxylation is 2. The Morgan fingerprint density at radius 3 is 2.21 bits per heavy atom. The summed E-state index contributed by atoms with van der Waals surface area (Å²) in [7, 11) is 1.71. The second kappa shape index (κ2) is 6.73.